The van der Waals surface area contributed by atoms with E-state index in [4.69, 9.17) is 0 Å². The average molecular weight is 292 g/mol. The summed E-state index contributed by atoms with van der Waals surface area (Å²) in [5.74, 6) is 2.07. The summed E-state index contributed by atoms with van der Waals surface area (Å²) < 4.78 is 2.14. The van der Waals surface area contributed by atoms with Crippen molar-refractivity contribution in [2.75, 3.05) is 21.1 Å². The smallest absolute Gasteiger partial charge is 0.108 e. The van der Waals surface area contributed by atoms with Crippen molar-refractivity contribution in [2.24, 2.45) is 13.0 Å². The van der Waals surface area contributed by atoms with Crippen molar-refractivity contribution < 1.29 is 0 Å². The van der Waals surface area contributed by atoms with E-state index in [-0.39, 0.29) is 0 Å². The van der Waals surface area contributed by atoms with E-state index >= 15 is 0 Å². The van der Waals surface area contributed by atoms with Crippen molar-refractivity contribution in [3.63, 3.8) is 0 Å². The number of likely N-dealkylation sites (N-methyl/N-ethyl adjacent to an activating group) is 2. The van der Waals surface area contributed by atoms with E-state index in [0.29, 0.717) is 11.6 Å². The van der Waals surface area contributed by atoms with Gasteiger partial charge in [-0.05, 0) is 59.2 Å². The zero-order valence-electron chi connectivity index (χ0n) is 14.4. The Hall–Kier alpha value is -0.870. The topological polar surface area (TPSA) is 33.1 Å². The Morgan fingerprint density at radius 1 is 1.43 bits per heavy atom. The van der Waals surface area contributed by atoms with Gasteiger partial charge in [0.25, 0.3) is 0 Å². The molecule has 0 aliphatic heterocycles. The minimum absolute atomic E-state index is 0.298. The van der Waals surface area contributed by atoms with Crippen LogP contribution >= 0.6 is 0 Å². The van der Waals surface area contributed by atoms with Crippen molar-refractivity contribution in [1.29, 1.82) is 0 Å². The van der Waals surface area contributed by atoms with Crippen LogP contribution in [0.1, 0.15) is 44.9 Å². The van der Waals surface area contributed by atoms with Crippen LogP contribution < -0.4 is 5.32 Å². The third-order valence-corrected chi connectivity index (χ3v) is 5.61. The molecule has 0 saturated heterocycles. The first-order chi connectivity index (χ1) is 9.99. The third-order valence-electron chi connectivity index (χ3n) is 5.61. The van der Waals surface area contributed by atoms with Crippen LogP contribution in [-0.2, 0) is 13.5 Å². The number of aryl methyl sites for hydroxylation is 2. The van der Waals surface area contributed by atoms with Gasteiger partial charge in [-0.25, -0.2) is 4.98 Å². The Labute approximate surface area is 129 Å². The second-order valence-corrected chi connectivity index (χ2v) is 7.01. The summed E-state index contributed by atoms with van der Waals surface area (Å²) in [6.45, 7) is 2.39. The molecule has 0 amide bonds. The highest BCUT2D eigenvalue weighted by Crippen LogP contribution is 2.38. The van der Waals surface area contributed by atoms with Gasteiger partial charge in [-0.15, -0.1) is 0 Å². The lowest BCUT2D eigenvalue weighted by Gasteiger charge is -2.50. The molecule has 21 heavy (non-hydrogen) atoms. The first-order valence-corrected chi connectivity index (χ1v) is 8.30. The number of nitrogens with one attached hydrogen (secondary N) is 1. The fourth-order valence-electron chi connectivity index (χ4n) is 3.96. The van der Waals surface area contributed by atoms with Gasteiger partial charge in [-0.1, -0.05) is 6.92 Å². The van der Waals surface area contributed by atoms with Crippen LogP contribution in [0.3, 0.4) is 0 Å². The number of hydrogen-bond acceptors (Lipinski definition) is 3. The molecule has 1 aliphatic carbocycles. The second kappa shape index (κ2) is 6.93. The van der Waals surface area contributed by atoms with Crippen LogP contribution in [0, 0.1) is 5.92 Å². The SMILES string of the molecule is CNC(CCc1nccn1C)C1(N(C)C)CCC(C)CC1. The highest BCUT2D eigenvalue weighted by atomic mass is 15.2. The van der Waals surface area contributed by atoms with Gasteiger partial charge in [0, 0.05) is 37.4 Å². The molecule has 2 rings (SSSR count). The van der Waals surface area contributed by atoms with E-state index in [1.54, 1.807) is 0 Å². The van der Waals surface area contributed by atoms with Crippen molar-refractivity contribution in [3.8, 4) is 0 Å². The zero-order valence-corrected chi connectivity index (χ0v) is 14.4. The number of hydrogen-bond donors (Lipinski definition) is 1. The number of imidazole rings is 1. The van der Waals surface area contributed by atoms with Gasteiger partial charge in [0.15, 0.2) is 0 Å². The molecule has 0 bridgehead atoms. The van der Waals surface area contributed by atoms with Gasteiger partial charge < -0.3 is 14.8 Å². The summed E-state index contributed by atoms with van der Waals surface area (Å²) in [6, 6.07) is 0.525. The molecule has 1 heterocycles. The maximum atomic E-state index is 4.47. The monoisotopic (exact) mass is 292 g/mol. The van der Waals surface area contributed by atoms with E-state index in [1.807, 2.05) is 12.4 Å². The van der Waals surface area contributed by atoms with Gasteiger partial charge >= 0.3 is 0 Å². The first-order valence-electron chi connectivity index (χ1n) is 8.30. The van der Waals surface area contributed by atoms with Gasteiger partial charge in [-0.3, -0.25) is 0 Å². The molecule has 0 aromatic carbocycles. The molecule has 1 aliphatic rings. The lowest BCUT2D eigenvalue weighted by atomic mass is 9.71. The highest BCUT2D eigenvalue weighted by Gasteiger charge is 2.42. The maximum Gasteiger partial charge on any atom is 0.108 e. The van der Waals surface area contributed by atoms with Gasteiger partial charge in [0.05, 0.1) is 0 Å². The van der Waals surface area contributed by atoms with E-state index in [9.17, 15) is 0 Å². The van der Waals surface area contributed by atoms with Crippen molar-refractivity contribution in [1.82, 2.24) is 19.8 Å². The van der Waals surface area contributed by atoms with Crippen molar-refractivity contribution in [2.45, 2.75) is 57.0 Å². The standard InChI is InChI=1S/C17H32N4/c1-14-8-10-17(11-9-14,20(3)4)15(18-2)6-7-16-19-12-13-21(16)5/h12-15,18H,6-11H2,1-5H3. The number of nitrogens with zero attached hydrogens (tertiary/aromatic N) is 3. The molecule has 120 valence electrons. The largest absolute Gasteiger partial charge is 0.338 e. The van der Waals surface area contributed by atoms with Gasteiger partial charge in [0.2, 0.25) is 0 Å². The van der Waals surface area contributed by atoms with Crippen LogP contribution in [0.2, 0.25) is 0 Å². The quantitative estimate of drug-likeness (QED) is 0.874. The number of aromatic nitrogens is 2. The maximum absolute atomic E-state index is 4.47. The molecule has 1 atom stereocenters. The molecular formula is C17H32N4. The summed E-state index contributed by atoms with van der Waals surface area (Å²) >= 11 is 0. The lowest BCUT2D eigenvalue weighted by molar-refractivity contribution is 0.0429. The van der Waals surface area contributed by atoms with E-state index in [1.165, 1.54) is 31.5 Å². The van der Waals surface area contributed by atoms with Crippen LogP contribution in [0.15, 0.2) is 12.4 Å². The van der Waals surface area contributed by atoms with Gasteiger partial charge in [-0.2, -0.15) is 0 Å². The molecule has 1 aromatic rings. The molecule has 0 spiro atoms. The van der Waals surface area contributed by atoms with Crippen molar-refractivity contribution >= 4 is 0 Å². The minimum Gasteiger partial charge on any atom is -0.338 e. The van der Waals surface area contributed by atoms with Crippen LogP contribution in [0.25, 0.3) is 0 Å². The third kappa shape index (κ3) is 3.49. The van der Waals surface area contributed by atoms with E-state index < -0.39 is 0 Å². The fourth-order valence-corrected chi connectivity index (χ4v) is 3.96. The molecule has 4 nitrogen and oxygen atoms in total. The molecule has 0 radical (unpaired) electrons. The zero-order chi connectivity index (χ0) is 15.5. The van der Waals surface area contributed by atoms with Crippen LogP contribution in [0.5, 0.6) is 0 Å². The molecule has 1 saturated carbocycles. The Bertz CT molecular complexity index is 430. The lowest BCUT2D eigenvalue weighted by Crippen LogP contribution is -2.60. The average Bonchev–Trinajstić information content (AvgIpc) is 2.87. The predicted molar refractivity (Wildman–Crippen MR) is 88.4 cm³/mol. The Morgan fingerprint density at radius 2 is 2.10 bits per heavy atom. The molecule has 4 heteroatoms. The van der Waals surface area contributed by atoms with E-state index in [0.717, 1.165) is 18.8 Å². The number of rotatable bonds is 6. The fraction of sp³-hybridized carbons (Fsp3) is 0.824. The minimum atomic E-state index is 0.298. The molecule has 1 N–H and O–H groups in total. The summed E-state index contributed by atoms with van der Waals surface area (Å²) in [7, 11) is 8.70. The highest BCUT2D eigenvalue weighted by molar-refractivity contribution is 5.03. The molecular weight excluding hydrogens is 260 g/mol. The van der Waals surface area contributed by atoms with Crippen LogP contribution in [-0.4, -0.2) is 47.2 Å². The Kier molecular flexibility index (Phi) is 5.44. The first kappa shape index (κ1) is 16.5. The summed E-state index contributed by atoms with van der Waals surface area (Å²) in [4.78, 5) is 6.94. The second-order valence-electron chi connectivity index (χ2n) is 7.01. The molecule has 1 fully saturated rings. The Balaban J connectivity index is 2.07. The van der Waals surface area contributed by atoms with Crippen molar-refractivity contribution in [3.05, 3.63) is 18.2 Å². The summed E-state index contributed by atoms with van der Waals surface area (Å²) in [5, 5.41) is 3.61. The van der Waals surface area contributed by atoms with Crippen LogP contribution in [0.4, 0.5) is 0 Å². The molecule has 1 aromatic heterocycles. The van der Waals surface area contributed by atoms with Gasteiger partial charge in [0.1, 0.15) is 5.82 Å². The van der Waals surface area contributed by atoms with E-state index in [2.05, 4.69) is 54.9 Å². The Morgan fingerprint density at radius 3 is 2.57 bits per heavy atom. The predicted octanol–water partition coefficient (Wildman–Crippen LogP) is 2.45. The molecule has 1 unspecified atom stereocenters. The normalized spacial score (nSPS) is 28.0. The summed E-state index contributed by atoms with van der Waals surface area (Å²) in [5.41, 5.74) is 0.298. The summed E-state index contributed by atoms with van der Waals surface area (Å²) in [6.07, 6.45) is 11.4.